The van der Waals surface area contributed by atoms with Crippen LogP contribution in [0.5, 0.6) is 5.75 Å². The predicted molar refractivity (Wildman–Crippen MR) is 161 cm³/mol. The number of aromatic amines is 1. The van der Waals surface area contributed by atoms with Crippen LogP contribution in [0.2, 0.25) is 0 Å². The Labute approximate surface area is 258 Å². The molecule has 0 spiro atoms. The maximum absolute atomic E-state index is 13.1. The first kappa shape index (κ1) is 32.7. The molecule has 0 aliphatic carbocycles. The number of hydrogen-bond acceptors (Lipinski definition) is 10. The number of aromatic nitrogens is 4. The minimum atomic E-state index is -2.99. The number of nitroso groups, excluding NO2 is 1. The van der Waals surface area contributed by atoms with Crippen molar-refractivity contribution in [2.75, 3.05) is 30.4 Å². The summed E-state index contributed by atoms with van der Waals surface area (Å²) in [5.74, 6) is -1.62. The Hall–Kier alpha value is -5.23. The van der Waals surface area contributed by atoms with Crippen LogP contribution in [0.1, 0.15) is 43.1 Å². The number of hydrogen-bond donors (Lipinski definition) is 5. The summed E-state index contributed by atoms with van der Waals surface area (Å²) >= 11 is 1.12. The number of H-pyrrole nitrogens is 1. The number of primary amides is 2. The zero-order chi connectivity index (χ0) is 32.7. The number of allylic oxidation sites excluding steroid dienone is 1. The van der Waals surface area contributed by atoms with Gasteiger partial charge in [-0.25, -0.2) is 4.98 Å². The molecule has 3 heterocycles. The molecule has 0 atom stereocenters. The Balaban J connectivity index is 1.54. The molecule has 0 aliphatic heterocycles. The van der Waals surface area contributed by atoms with E-state index in [4.69, 9.17) is 16.2 Å². The second-order valence-electron chi connectivity index (χ2n) is 9.39. The highest BCUT2D eigenvalue weighted by Gasteiger charge is 2.25. The van der Waals surface area contributed by atoms with Gasteiger partial charge >= 0.3 is 12.5 Å². The minimum absolute atomic E-state index is 0.0182. The van der Waals surface area contributed by atoms with E-state index in [1.54, 1.807) is 33.5 Å². The van der Waals surface area contributed by atoms with Gasteiger partial charge in [0.25, 0.3) is 11.6 Å². The third kappa shape index (κ3) is 7.84. The van der Waals surface area contributed by atoms with Crippen LogP contribution in [0.3, 0.4) is 0 Å². The molecule has 0 aliphatic rings. The monoisotopic (exact) mass is 646 g/mol. The maximum atomic E-state index is 13.1. The summed E-state index contributed by atoms with van der Waals surface area (Å²) in [5, 5.41) is 11.8. The van der Waals surface area contributed by atoms with E-state index in [1.165, 1.54) is 12.1 Å². The molecule has 0 saturated carbocycles. The number of halogens is 2. The van der Waals surface area contributed by atoms with E-state index in [1.807, 2.05) is 13.8 Å². The number of nitrogens with zero attached hydrogens (tertiary/aromatic N) is 4. The lowest BCUT2D eigenvalue weighted by molar-refractivity contribution is -0.748. The first-order valence-electron chi connectivity index (χ1n) is 13.5. The summed E-state index contributed by atoms with van der Waals surface area (Å²) in [5.41, 5.74) is 12.3. The van der Waals surface area contributed by atoms with Gasteiger partial charge in [-0.1, -0.05) is 12.2 Å². The first-order chi connectivity index (χ1) is 21.5. The Morgan fingerprint density at radius 1 is 1.18 bits per heavy atom. The molecule has 1 aromatic carbocycles. The topological polar surface area (TPSA) is 213 Å². The summed E-state index contributed by atoms with van der Waals surface area (Å²) in [6.07, 6.45) is 3.43. The molecule has 45 heavy (non-hydrogen) atoms. The van der Waals surface area contributed by atoms with Gasteiger partial charge in [0.1, 0.15) is 34.1 Å². The highest BCUT2D eigenvalue weighted by Crippen LogP contribution is 2.36. The van der Waals surface area contributed by atoms with E-state index in [0.717, 1.165) is 17.0 Å². The zero-order valence-corrected chi connectivity index (χ0v) is 25.0. The fourth-order valence-electron chi connectivity index (χ4n) is 4.31. The van der Waals surface area contributed by atoms with Gasteiger partial charge in [0.15, 0.2) is 6.54 Å². The molecule has 0 saturated heterocycles. The fraction of sp³-hybridized carbons (Fsp3) is 0.296. The second-order valence-corrected chi connectivity index (χ2v) is 10.4. The Bertz CT molecular complexity index is 1760. The number of amides is 3. The molecule has 238 valence electrons. The lowest BCUT2D eigenvalue weighted by atomic mass is 10.1. The van der Waals surface area contributed by atoms with Gasteiger partial charge in [0.2, 0.25) is 11.9 Å². The van der Waals surface area contributed by atoms with Crippen molar-refractivity contribution in [3.8, 4) is 5.75 Å². The van der Waals surface area contributed by atoms with Crippen molar-refractivity contribution < 1.29 is 37.3 Å². The van der Waals surface area contributed by atoms with Crippen molar-refractivity contribution in [2.45, 2.75) is 33.5 Å². The number of carbonyl (C=O) groups excluding carboxylic acids is 3. The predicted octanol–water partition coefficient (Wildman–Crippen LogP) is 3.18. The van der Waals surface area contributed by atoms with Crippen LogP contribution in [0.4, 0.5) is 26.1 Å². The van der Waals surface area contributed by atoms with Gasteiger partial charge in [-0.05, 0) is 37.2 Å². The zero-order valence-electron chi connectivity index (χ0n) is 24.1. The fourth-order valence-corrected chi connectivity index (χ4v) is 5.27. The molecule has 4 aromatic rings. The number of thiophene rings is 1. The summed E-state index contributed by atoms with van der Waals surface area (Å²) in [7, 11) is 0. The maximum Gasteiger partial charge on any atom is 0.345 e. The summed E-state index contributed by atoms with van der Waals surface area (Å²) < 4.78 is 37.7. The molecule has 3 aromatic heterocycles. The van der Waals surface area contributed by atoms with E-state index in [2.05, 4.69) is 30.6 Å². The number of benzene rings is 1. The molecule has 4 rings (SSSR count). The lowest BCUT2D eigenvalue weighted by Gasteiger charge is -2.15. The van der Waals surface area contributed by atoms with Gasteiger partial charge < -0.3 is 26.3 Å². The summed E-state index contributed by atoms with van der Waals surface area (Å²) in [6, 6.07) is 5.68. The molecule has 0 fully saturated rings. The standard InChI is InChI=1S/C27H29F2N9O6S/c1-3-38-18(10-14(2)35-38)24(41)34-27-33-17-13-20(23(31)40)45-25(17)37(27)7-5-4-6-32-21-16(36-42)11-15(22(30)39)12-19(21)43-8-9-44-26(28)29/h4-5,10-13,26H,3,6-9H2,1-2H3,(H6,30,31,32,33,34,39,40,41,42)/p+1/b5-4+. The number of aryl methyl sites for hydroxylation is 2. The molecule has 0 bridgehead atoms. The number of nitrogens with two attached hydrogens (primary N) is 2. The third-order valence-corrected chi connectivity index (χ3v) is 7.46. The van der Waals surface area contributed by atoms with E-state index in [0.29, 0.717) is 27.5 Å². The second kappa shape index (κ2) is 14.5. The van der Waals surface area contributed by atoms with Crippen molar-refractivity contribution in [1.82, 2.24) is 14.6 Å². The number of ether oxygens (including phenoxy) is 2. The lowest BCUT2D eigenvalue weighted by Crippen LogP contribution is -2.41. The Kier molecular flexibility index (Phi) is 10.5. The van der Waals surface area contributed by atoms with Crippen LogP contribution in [0.15, 0.2) is 41.6 Å². The van der Waals surface area contributed by atoms with Gasteiger partial charge in [-0.15, -0.1) is 20.9 Å². The molecular weight excluding hydrogens is 616 g/mol. The van der Waals surface area contributed by atoms with Crippen molar-refractivity contribution in [3.05, 3.63) is 63.2 Å². The highest BCUT2D eigenvalue weighted by molar-refractivity contribution is 7.20. The SMILES string of the molecule is CC[n+]1[nH]c(C)cc1C(=O)Nc1nc2cc(C(N)=O)sc2n1C/C=C/CNc1c(N=O)cc(C(N)=O)cc1OCCOC(F)F. The van der Waals surface area contributed by atoms with E-state index >= 15 is 0 Å². The largest absolute Gasteiger partial charge is 0.489 e. The van der Waals surface area contributed by atoms with Crippen LogP contribution in [-0.4, -0.2) is 58.7 Å². The van der Waals surface area contributed by atoms with Gasteiger partial charge in [-0.3, -0.25) is 24.3 Å². The number of rotatable bonds is 16. The average Bonchev–Trinajstić information content (AvgIpc) is 3.68. The smallest absolute Gasteiger partial charge is 0.345 e. The van der Waals surface area contributed by atoms with Crippen LogP contribution >= 0.6 is 11.3 Å². The van der Waals surface area contributed by atoms with Crippen molar-refractivity contribution in [3.63, 3.8) is 0 Å². The molecular formula is C27H30F2N9O6S+. The average molecular weight is 647 g/mol. The van der Waals surface area contributed by atoms with E-state index in [9.17, 15) is 28.1 Å². The van der Waals surface area contributed by atoms with Gasteiger partial charge in [0, 0.05) is 24.7 Å². The summed E-state index contributed by atoms with van der Waals surface area (Å²) in [4.78, 5) is 53.6. The number of nitrogens with one attached hydrogen (secondary N) is 3. The van der Waals surface area contributed by atoms with E-state index < -0.39 is 25.0 Å². The summed E-state index contributed by atoms with van der Waals surface area (Å²) in [6.45, 7) is 0.843. The minimum Gasteiger partial charge on any atom is -0.489 e. The number of anilines is 2. The highest BCUT2D eigenvalue weighted by atomic mass is 32.1. The van der Waals surface area contributed by atoms with Gasteiger partial charge in [-0.2, -0.15) is 13.9 Å². The number of imidazole rings is 1. The third-order valence-electron chi connectivity index (χ3n) is 6.29. The molecule has 15 nitrogen and oxygen atoms in total. The quantitative estimate of drug-likeness (QED) is 0.0526. The Morgan fingerprint density at radius 2 is 1.96 bits per heavy atom. The van der Waals surface area contributed by atoms with Crippen LogP contribution in [0, 0.1) is 11.8 Å². The number of alkyl halides is 2. The molecule has 7 N–H and O–H groups in total. The first-order valence-corrected chi connectivity index (χ1v) is 14.3. The number of fused-ring (bicyclic) bond motifs is 1. The normalized spacial score (nSPS) is 11.4. The van der Waals surface area contributed by atoms with Crippen LogP contribution in [-0.2, 0) is 17.8 Å². The van der Waals surface area contributed by atoms with Crippen LogP contribution < -0.4 is 31.5 Å². The molecule has 0 radical (unpaired) electrons. The number of carbonyl (C=O) groups is 3. The molecule has 18 heteroatoms. The van der Waals surface area contributed by atoms with Gasteiger partial charge in [0.05, 0.1) is 17.2 Å². The van der Waals surface area contributed by atoms with E-state index in [-0.39, 0.29) is 54.2 Å². The van der Waals surface area contributed by atoms with Crippen molar-refractivity contribution in [2.24, 2.45) is 16.6 Å². The van der Waals surface area contributed by atoms with Crippen molar-refractivity contribution in [1.29, 1.82) is 0 Å². The van der Waals surface area contributed by atoms with Crippen molar-refractivity contribution >= 4 is 56.7 Å². The Morgan fingerprint density at radius 3 is 2.62 bits per heavy atom. The molecule has 0 unspecified atom stereocenters. The van der Waals surface area contributed by atoms with Crippen LogP contribution in [0.25, 0.3) is 10.3 Å². The molecule has 3 amide bonds.